The van der Waals surface area contributed by atoms with Gasteiger partial charge < -0.3 is 5.11 Å². The Kier molecular flexibility index (Phi) is 5.21. The van der Waals surface area contributed by atoms with Gasteiger partial charge in [0.25, 0.3) is 0 Å². The van der Waals surface area contributed by atoms with Crippen LogP contribution in [0, 0.1) is 11.8 Å². The first-order valence-electron chi connectivity index (χ1n) is 11.4. The molecular weight excluding hydrogens is 364 g/mol. The highest BCUT2D eigenvalue weighted by atomic mass is 16.3. The number of aromatic hydroxyl groups is 1. The summed E-state index contributed by atoms with van der Waals surface area (Å²) >= 11 is 0. The van der Waals surface area contributed by atoms with Crippen LogP contribution in [0.3, 0.4) is 0 Å². The number of benzene rings is 2. The van der Waals surface area contributed by atoms with Gasteiger partial charge in [-0.15, -0.1) is 0 Å². The zero-order chi connectivity index (χ0) is 21.7. The number of phenols is 1. The zero-order valence-corrected chi connectivity index (χ0v) is 19.4. The average Bonchev–Trinajstić information content (AvgIpc) is 3.10. The van der Waals surface area contributed by atoms with Crippen molar-refractivity contribution in [3.8, 4) is 16.9 Å². The molecule has 0 aliphatic heterocycles. The molecule has 2 atom stereocenters. The molecule has 4 rings (SSSR count). The number of allylic oxidation sites excluding steroid dienone is 4. The quantitative estimate of drug-likeness (QED) is 0.543. The fourth-order valence-electron chi connectivity index (χ4n) is 5.16. The van der Waals surface area contributed by atoms with E-state index in [1.807, 2.05) is 0 Å². The minimum Gasteiger partial charge on any atom is -0.507 e. The monoisotopic (exact) mass is 400 g/mol. The second-order valence-corrected chi connectivity index (χ2v) is 11.3. The van der Waals surface area contributed by atoms with Gasteiger partial charge in [-0.3, -0.25) is 0 Å². The Balaban J connectivity index is 1.86. The summed E-state index contributed by atoms with van der Waals surface area (Å²) in [4.78, 5) is 0. The molecule has 2 aliphatic carbocycles. The summed E-state index contributed by atoms with van der Waals surface area (Å²) in [6.45, 7) is 13.3. The minimum absolute atomic E-state index is 0.0231. The molecule has 0 heterocycles. The third kappa shape index (κ3) is 3.87. The second kappa shape index (κ2) is 7.45. The van der Waals surface area contributed by atoms with Gasteiger partial charge in [-0.05, 0) is 64.2 Å². The van der Waals surface area contributed by atoms with Gasteiger partial charge in [0.1, 0.15) is 5.75 Å². The lowest BCUT2D eigenvalue weighted by molar-refractivity contribution is 0.446. The van der Waals surface area contributed by atoms with Crippen molar-refractivity contribution in [2.75, 3.05) is 0 Å². The van der Waals surface area contributed by atoms with E-state index >= 15 is 0 Å². The van der Waals surface area contributed by atoms with Gasteiger partial charge in [0.15, 0.2) is 0 Å². The molecule has 1 saturated carbocycles. The summed E-state index contributed by atoms with van der Waals surface area (Å²) in [6.07, 6.45) is 11.5. The molecular formula is C29H36O. The van der Waals surface area contributed by atoms with Crippen LogP contribution in [0.15, 0.2) is 60.7 Å². The predicted molar refractivity (Wildman–Crippen MR) is 128 cm³/mol. The molecule has 0 radical (unpaired) electrons. The Labute approximate surface area is 182 Å². The fraction of sp³-hybridized carbons (Fsp3) is 0.448. The lowest BCUT2D eigenvalue weighted by Gasteiger charge is -2.28. The molecule has 1 fully saturated rings. The first kappa shape index (κ1) is 21.0. The minimum atomic E-state index is -0.118. The SMILES string of the molecule is CC(C)(C)c1cc(-c2ccccc2C2CC3C=CC=CC3C2)c(O)c(C(C)(C)C)c1. The molecule has 0 aromatic heterocycles. The van der Waals surface area contributed by atoms with Crippen LogP contribution >= 0.6 is 0 Å². The van der Waals surface area contributed by atoms with Crippen molar-refractivity contribution in [1.82, 2.24) is 0 Å². The van der Waals surface area contributed by atoms with Gasteiger partial charge in [-0.2, -0.15) is 0 Å². The molecule has 0 saturated heterocycles. The van der Waals surface area contributed by atoms with E-state index in [1.54, 1.807) is 0 Å². The Morgan fingerprint density at radius 2 is 1.37 bits per heavy atom. The molecule has 1 nitrogen and oxygen atoms in total. The molecule has 158 valence electrons. The topological polar surface area (TPSA) is 20.2 Å². The molecule has 30 heavy (non-hydrogen) atoms. The summed E-state index contributed by atoms with van der Waals surface area (Å²) in [5.74, 6) is 2.26. The largest absolute Gasteiger partial charge is 0.507 e. The van der Waals surface area contributed by atoms with E-state index in [2.05, 4.69) is 102 Å². The Bertz CT molecular complexity index is 974. The van der Waals surface area contributed by atoms with Crippen LogP contribution in [-0.4, -0.2) is 5.11 Å². The van der Waals surface area contributed by atoms with Crippen LogP contribution in [0.5, 0.6) is 5.75 Å². The van der Waals surface area contributed by atoms with Gasteiger partial charge in [-0.25, -0.2) is 0 Å². The highest BCUT2D eigenvalue weighted by molar-refractivity contribution is 5.77. The van der Waals surface area contributed by atoms with E-state index < -0.39 is 0 Å². The van der Waals surface area contributed by atoms with Crippen molar-refractivity contribution in [2.24, 2.45) is 11.8 Å². The highest BCUT2D eigenvalue weighted by Gasteiger charge is 2.34. The molecule has 0 bridgehead atoms. The first-order chi connectivity index (χ1) is 14.1. The van der Waals surface area contributed by atoms with Crippen LogP contribution in [0.2, 0.25) is 0 Å². The van der Waals surface area contributed by atoms with Crippen molar-refractivity contribution >= 4 is 0 Å². The van der Waals surface area contributed by atoms with Crippen molar-refractivity contribution in [1.29, 1.82) is 0 Å². The lowest BCUT2D eigenvalue weighted by Crippen LogP contribution is -2.17. The molecule has 2 aromatic carbocycles. The van der Waals surface area contributed by atoms with Crippen molar-refractivity contribution < 1.29 is 5.11 Å². The molecule has 2 aromatic rings. The van der Waals surface area contributed by atoms with Crippen LogP contribution in [0.25, 0.3) is 11.1 Å². The third-order valence-electron chi connectivity index (χ3n) is 6.97. The summed E-state index contributed by atoms with van der Waals surface area (Å²) in [5, 5.41) is 11.4. The molecule has 2 unspecified atom stereocenters. The maximum Gasteiger partial charge on any atom is 0.127 e. The second-order valence-electron chi connectivity index (χ2n) is 11.3. The summed E-state index contributed by atoms with van der Waals surface area (Å²) in [7, 11) is 0. The smallest absolute Gasteiger partial charge is 0.127 e. The summed E-state index contributed by atoms with van der Waals surface area (Å²) in [5.41, 5.74) is 5.79. The van der Waals surface area contributed by atoms with Crippen molar-refractivity contribution in [3.05, 3.63) is 77.4 Å². The van der Waals surface area contributed by atoms with Crippen LogP contribution in [0.1, 0.15) is 77.0 Å². The van der Waals surface area contributed by atoms with Gasteiger partial charge in [0.2, 0.25) is 0 Å². The average molecular weight is 401 g/mol. The van der Waals surface area contributed by atoms with E-state index in [0.717, 1.165) is 11.1 Å². The van der Waals surface area contributed by atoms with E-state index in [-0.39, 0.29) is 10.8 Å². The first-order valence-corrected chi connectivity index (χ1v) is 11.4. The maximum absolute atomic E-state index is 11.4. The molecule has 0 amide bonds. The van der Waals surface area contributed by atoms with E-state index in [4.69, 9.17) is 0 Å². The number of phenolic OH excluding ortho intramolecular Hbond substituents is 1. The number of hydrogen-bond acceptors (Lipinski definition) is 1. The third-order valence-corrected chi connectivity index (χ3v) is 6.97. The summed E-state index contributed by atoms with van der Waals surface area (Å²) in [6, 6.07) is 13.2. The fourth-order valence-corrected chi connectivity index (χ4v) is 5.16. The Morgan fingerprint density at radius 3 is 1.93 bits per heavy atom. The maximum atomic E-state index is 11.4. The van der Waals surface area contributed by atoms with E-state index in [0.29, 0.717) is 23.5 Å². The highest BCUT2D eigenvalue weighted by Crippen LogP contribution is 2.49. The van der Waals surface area contributed by atoms with E-state index in [9.17, 15) is 5.11 Å². The standard InChI is InChI=1S/C29H36O/c1-28(2,3)22-17-25(27(30)26(18-22)29(4,5)6)24-14-10-9-13-23(24)21-15-19-11-7-8-12-20(19)16-21/h7-14,17-21,30H,15-16H2,1-6H3. The number of rotatable bonds is 2. The van der Waals surface area contributed by atoms with Crippen molar-refractivity contribution in [2.45, 2.75) is 71.1 Å². The van der Waals surface area contributed by atoms with Gasteiger partial charge in [0.05, 0.1) is 0 Å². The zero-order valence-electron chi connectivity index (χ0n) is 19.4. The number of fused-ring (bicyclic) bond motifs is 1. The normalized spacial score (nSPS) is 23.6. The Morgan fingerprint density at radius 1 is 0.767 bits per heavy atom. The van der Waals surface area contributed by atoms with Gasteiger partial charge >= 0.3 is 0 Å². The lowest BCUT2D eigenvalue weighted by atomic mass is 9.77. The van der Waals surface area contributed by atoms with Crippen LogP contribution < -0.4 is 0 Å². The van der Waals surface area contributed by atoms with Crippen molar-refractivity contribution in [3.63, 3.8) is 0 Å². The van der Waals surface area contributed by atoms with Crippen LogP contribution in [-0.2, 0) is 10.8 Å². The molecule has 1 N–H and O–H groups in total. The number of hydrogen-bond donors (Lipinski definition) is 1. The van der Waals surface area contributed by atoms with E-state index in [1.165, 1.54) is 29.5 Å². The van der Waals surface area contributed by atoms with Crippen LogP contribution in [0.4, 0.5) is 0 Å². The predicted octanol–water partition coefficient (Wildman–Crippen LogP) is 7.89. The van der Waals surface area contributed by atoms with Gasteiger partial charge in [0, 0.05) is 11.1 Å². The molecule has 2 aliphatic rings. The molecule has 1 heteroatoms. The summed E-state index contributed by atoms with van der Waals surface area (Å²) < 4.78 is 0. The van der Waals surface area contributed by atoms with Gasteiger partial charge in [-0.1, -0.05) is 96.2 Å². The molecule has 0 spiro atoms. The Hall–Kier alpha value is -2.28.